The van der Waals surface area contributed by atoms with Gasteiger partial charge in [0.25, 0.3) is 0 Å². The number of hydrogen-bond acceptors (Lipinski definition) is 5. The van der Waals surface area contributed by atoms with Gasteiger partial charge in [0.05, 0.1) is 27.9 Å². The van der Waals surface area contributed by atoms with E-state index in [1.165, 1.54) is 4.70 Å². The van der Waals surface area contributed by atoms with Gasteiger partial charge in [-0.2, -0.15) is 0 Å². The highest BCUT2D eigenvalue weighted by molar-refractivity contribution is 7.22. The van der Waals surface area contributed by atoms with Gasteiger partial charge in [-0.1, -0.05) is 18.2 Å². The molecule has 172 valence electrons. The van der Waals surface area contributed by atoms with Gasteiger partial charge < -0.3 is 15.2 Å². The number of imidazole rings is 2. The van der Waals surface area contributed by atoms with Gasteiger partial charge in [-0.25, -0.2) is 9.78 Å². The molecule has 3 aromatic heterocycles. The molecule has 3 N–H and O–H groups in total. The molecule has 34 heavy (non-hydrogen) atoms. The lowest BCUT2D eigenvalue weighted by Crippen LogP contribution is -2.27. The van der Waals surface area contributed by atoms with Crippen LogP contribution in [0.3, 0.4) is 0 Å². The maximum atomic E-state index is 13.2. The summed E-state index contributed by atoms with van der Waals surface area (Å²) in [6.45, 7) is 2.22. The van der Waals surface area contributed by atoms with Crippen molar-refractivity contribution in [2.24, 2.45) is 0 Å². The third kappa shape index (κ3) is 3.67. The van der Waals surface area contributed by atoms with Crippen molar-refractivity contribution in [2.45, 2.75) is 19.3 Å². The topological polar surface area (TPSA) is 98.8 Å². The molecular weight excluding hydrogens is 448 g/mol. The van der Waals surface area contributed by atoms with Gasteiger partial charge in [-0.15, -0.1) is 11.3 Å². The summed E-state index contributed by atoms with van der Waals surface area (Å²) in [6.07, 6.45) is 4.06. The maximum Gasteiger partial charge on any atom is 0.332 e. The van der Waals surface area contributed by atoms with Crippen LogP contribution in [0, 0.1) is 0 Å². The average Bonchev–Trinajstić information content (AvgIpc) is 3.62. The summed E-state index contributed by atoms with van der Waals surface area (Å²) < 4.78 is 2.89. The van der Waals surface area contributed by atoms with Gasteiger partial charge in [-0.05, 0) is 48.6 Å². The Hall–Kier alpha value is -3.85. The Morgan fingerprint density at radius 3 is 2.88 bits per heavy atom. The summed E-state index contributed by atoms with van der Waals surface area (Å²) in [7, 11) is 0. The molecule has 9 heteroatoms. The van der Waals surface area contributed by atoms with Crippen molar-refractivity contribution >= 4 is 44.2 Å². The fraction of sp³-hybridized carbons (Fsp3) is 0.240. The minimum absolute atomic E-state index is 0.205. The van der Waals surface area contributed by atoms with Crippen molar-refractivity contribution in [1.82, 2.24) is 24.4 Å². The Balaban J connectivity index is 1.37. The van der Waals surface area contributed by atoms with Crippen molar-refractivity contribution in [3.63, 3.8) is 0 Å². The summed E-state index contributed by atoms with van der Waals surface area (Å²) >= 11 is 1.66. The molecule has 2 aromatic carbocycles. The monoisotopic (exact) mass is 472 g/mol. The summed E-state index contributed by atoms with van der Waals surface area (Å²) in [5, 5.41) is 4.57. The van der Waals surface area contributed by atoms with Crippen molar-refractivity contribution in [1.29, 1.82) is 0 Å². The predicted octanol–water partition coefficient (Wildman–Crippen LogP) is 4.35. The van der Waals surface area contributed by atoms with Crippen LogP contribution >= 0.6 is 11.3 Å². The number of hydrogen-bond donors (Lipinski definition) is 3. The lowest BCUT2D eigenvalue weighted by Gasteiger charge is -2.15. The lowest BCUT2D eigenvalue weighted by atomic mass is 10.2. The number of carbonyl (C=O) groups excluding carboxylic acids is 1. The Kier molecular flexibility index (Phi) is 5.18. The van der Waals surface area contributed by atoms with Crippen LogP contribution in [0.5, 0.6) is 0 Å². The van der Waals surface area contributed by atoms with Crippen LogP contribution in [0.1, 0.15) is 19.3 Å². The number of anilines is 1. The number of thiophene rings is 1. The van der Waals surface area contributed by atoms with Crippen molar-refractivity contribution in [3.05, 3.63) is 65.3 Å². The van der Waals surface area contributed by atoms with Gasteiger partial charge in [0, 0.05) is 30.8 Å². The second-order valence-corrected chi connectivity index (χ2v) is 9.59. The number of amides is 1. The third-order valence-electron chi connectivity index (χ3n) is 6.29. The van der Waals surface area contributed by atoms with E-state index in [-0.39, 0.29) is 11.6 Å². The number of H-pyrrole nitrogens is 2. The van der Waals surface area contributed by atoms with E-state index in [9.17, 15) is 9.59 Å². The highest BCUT2D eigenvalue weighted by Gasteiger charge is 2.21. The molecule has 4 heterocycles. The number of aromatic amines is 2. The second-order valence-electron chi connectivity index (χ2n) is 8.51. The molecule has 6 rings (SSSR count). The number of fused-ring (bicyclic) bond motifs is 2. The molecule has 0 radical (unpaired) electrons. The number of rotatable bonds is 7. The van der Waals surface area contributed by atoms with Crippen LogP contribution in [-0.4, -0.2) is 50.0 Å². The molecule has 8 nitrogen and oxygen atoms in total. The molecule has 1 fully saturated rings. The first kappa shape index (κ1) is 20.7. The molecule has 0 spiro atoms. The van der Waals surface area contributed by atoms with Gasteiger partial charge in [0.15, 0.2) is 0 Å². The smallest absolute Gasteiger partial charge is 0.332 e. The van der Waals surface area contributed by atoms with E-state index < -0.39 is 0 Å². The van der Waals surface area contributed by atoms with E-state index in [1.807, 2.05) is 35.2 Å². The first-order valence-electron chi connectivity index (χ1n) is 11.5. The molecule has 1 saturated heterocycles. The van der Waals surface area contributed by atoms with Crippen molar-refractivity contribution in [3.8, 4) is 16.3 Å². The summed E-state index contributed by atoms with van der Waals surface area (Å²) in [5.74, 6) is 0.925. The van der Waals surface area contributed by atoms with E-state index in [0.717, 1.165) is 58.6 Å². The molecule has 0 saturated carbocycles. The van der Waals surface area contributed by atoms with Crippen molar-refractivity contribution < 1.29 is 4.79 Å². The van der Waals surface area contributed by atoms with Gasteiger partial charge in [0.1, 0.15) is 11.5 Å². The van der Waals surface area contributed by atoms with E-state index in [4.69, 9.17) is 0 Å². The number of benzene rings is 2. The van der Waals surface area contributed by atoms with Crippen molar-refractivity contribution in [2.75, 3.05) is 25.0 Å². The predicted molar refractivity (Wildman–Crippen MR) is 136 cm³/mol. The Labute approximate surface area is 199 Å². The van der Waals surface area contributed by atoms with Crippen LogP contribution in [0.25, 0.3) is 37.4 Å². The first-order chi connectivity index (χ1) is 16.7. The zero-order chi connectivity index (χ0) is 23.1. The Morgan fingerprint density at radius 1 is 1.12 bits per heavy atom. The number of nitrogens with one attached hydrogen (secondary N) is 3. The number of aromatic nitrogens is 4. The largest absolute Gasteiger partial charge is 0.370 e. The highest BCUT2D eigenvalue weighted by Crippen LogP contribution is 2.37. The zero-order valence-corrected chi connectivity index (χ0v) is 19.3. The molecule has 0 aliphatic carbocycles. The van der Waals surface area contributed by atoms with E-state index in [2.05, 4.69) is 38.5 Å². The van der Waals surface area contributed by atoms with Crippen LogP contribution in [-0.2, 0) is 4.79 Å². The zero-order valence-electron chi connectivity index (χ0n) is 18.5. The number of likely N-dealkylation sites (tertiary alicyclic amines) is 1. The summed E-state index contributed by atoms with van der Waals surface area (Å²) in [6, 6.07) is 16.1. The quantitative estimate of drug-likeness (QED) is 0.307. The van der Waals surface area contributed by atoms with Crippen LogP contribution < -0.4 is 11.0 Å². The fourth-order valence-electron chi connectivity index (χ4n) is 4.63. The van der Waals surface area contributed by atoms with Crippen LogP contribution in [0.15, 0.2) is 59.7 Å². The molecule has 1 amide bonds. The first-order valence-corrected chi connectivity index (χ1v) is 12.3. The molecule has 0 unspecified atom stereocenters. The minimum atomic E-state index is -0.205. The molecular formula is C25H24N6O2S. The van der Waals surface area contributed by atoms with Gasteiger partial charge in [0.2, 0.25) is 5.91 Å². The molecule has 1 aliphatic rings. The van der Waals surface area contributed by atoms with Gasteiger partial charge >= 0.3 is 5.69 Å². The van der Waals surface area contributed by atoms with Gasteiger partial charge in [-0.3, -0.25) is 14.3 Å². The Morgan fingerprint density at radius 2 is 2.03 bits per heavy atom. The summed E-state index contributed by atoms with van der Waals surface area (Å²) in [4.78, 5) is 38.5. The number of carbonyl (C=O) groups is 1. The van der Waals surface area contributed by atoms with E-state index in [0.29, 0.717) is 18.8 Å². The van der Waals surface area contributed by atoms with E-state index >= 15 is 0 Å². The molecule has 5 aromatic rings. The third-order valence-corrected chi connectivity index (χ3v) is 7.42. The SMILES string of the molecule is O=C1CCCN1CCCNc1[nH]c(=O)n(-c2ccc3nc[nH]c3c2)c1-c1cc2ccccc2s1. The summed E-state index contributed by atoms with van der Waals surface area (Å²) in [5.41, 5.74) is 3.09. The fourth-order valence-corrected chi connectivity index (χ4v) is 5.73. The van der Waals surface area contributed by atoms with E-state index in [1.54, 1.807) is 22.2 Å². The Bertz CT molecular complexity index is 1530. The minimum Gasteiger partial charge on any atom is -0.370 e. The standard InChI is InChI=1S/C25H24N6O2S/c32-22-7-3-11-30(22)12-4-10-26-24-23(21-13-16-5-1-2-6-20(16)34-21)31(25(33)29-24)17-8-9-18-19(14-17)28-15-27-18/h1-2,5-6,8-9,13-15,26H,3-4,7,10-12H2,(H,27,28)(H,29,33). The lowest BCUT2D eigenvalue weighted by molar-refractivity contribution is -0.127. The highest BCUT2D eigenvalue weighted by atomic mass is 32.1. The molecule has 1 aliphatic heterocycles. The molecule has 0 atom stereocenters. The second kappa shape index (κ2) is 8.49. The average molecular weight is 473 g/mol. The normalized spacial score (nSPS) is 14.0. The van der Waals surface area contributed by atoms with Crippen LogP contribution in [0.4, 0.5) is 5.82 Å². The number of nitrogens with zero attached hydrogens (tertiary/aromatic N) is 3. The van der Waals surface area contributed by atoms with Crippen LogP contribution in [0.2, 0.25) is 0 Å². The maximum absolute atomic E-state index is 13.2. The molecule has 0 bridgehead atoms.